The van der Waals surface area contributed by atoms with Crippen molar-refractivity contribution in [3.63, 3.8) is 0 Å². The summed E-state index contributed by atoms with van der Waals surface area (Å²) in [5.41, 5.74) is 9.90. The van der Waals surface area contributed by atoms with Gasteiger partial charge in [0.15, 0.2) is 11.6 Å². The number of para-hydroxylation sites is 2. The smallest absolute Gasteiger partial charge is 0.473 e. The highest BCUT2D eigenvalue weighted by molar-refractivity contribution is 9.10. The molecule has 5 aliphatic rings. The van der Waals surface area contributed by atoms with Gasteiger partial charge in [-0.15, -0.1) is 0 Å². The van der Waals surface area contributed by atoms with Crippen molar-refractivity contribution in [3.05, 3.63) is 162 Å². The molecule has 3 aliphatic heterocycles. The predicted octanol–water partition coefficient (Wildman–Crippen LogP) is 17.7. The van der Waals surface area contributed by atoms with Crippen LogP contribution in [0.5, 0.6) is 10.4 Å². The lowest BCUT2D eigenvalue weighted by Gasteiger charge is -2.43. The van der Waals surface area contributed by atoms with Crippen molar-refractivity contribution in [2.24, 2.45) is 0 Å². The number of nitrogens with one attached hydrogen (secondary N) is 4. The van der Waals surface area contributed by atoms with Crippen LogP contribution in [0, 0.1) is 0 Å². The van der Waals surface area contributed by atoms with Gasteiger partial charge in [-0.05, 0) is 183 Å². The summed E-state index contributed by atoms with van der Waals surface area (Å²) in [7, 11) is 4.63. The number of hydrogen-bond acceptors (Lipinski definition) is 18. The molecule has 0 atom stereocenters. The van der Waals surface area contributed by atoms with Crippen LogP contribution >= 0.6 is 38.6 Å². The zero-order valence-corrected chi connectivity index (χ0v) is 61.3. The summed E-state index contributed by atoms with van der Waals surface area (Å²) in [5, 5.41) is 14.5. The van der Waals surface area contributed by atoms with E-state index in [1.807, 2.05) is 130 Å². The van der Waals surface area contributed by atoms with Gasteiger partial charge < -0.3 is 49.5 Å². The second-order valence-corrected chi connectivity index (χ2v) is 30.0. The number of carbonyl (C=O) groups excluding carboxylic acids is 2. The zero-order chi connectivity index (χ0) is 71.5. The standard InChI is InChI=1S/C33H32N6O3S.C29H28BrN5O2.C10H16BNO3S.CH3F.CH4/c1-32(2,3)42-30(40)38-33(16-8-17-33)21-14-12-20(13-15-21)27-26(25-19-35-31(41-4)43-25)37-29-22-9-5-6-10-23(22)36-28-24(39(27)29)11-7-18-34-28;1-28(2,3)37-27(36)34-29(15-7-16-29)19-13-11-18(12-14-19)23-24(30)33-26-20-8-4-5-9-21(20)32-25-22(35(23)26)10-6-17-31-25;1-9(2)10(3,4)15-11(14-9)7-6-12-8(13-5)16-7;1-2;/h5-7,9-15,18-19H,8,16-17H2,1-4H3,(H,34,36)(H,38,40);4-6,8-14,17H,7,15-16H2,1-3H3,(H,31,32)(H,34,36);6H,1-5H3;1H3;1H4/i;;;;1D. The molecule has 99 heavy (non-hydrogen) atoms. The van der Waals surface area contributed by atoms with E-state index < -0.39 is 28.4 Å². The lowest BCUT2D eigenvalue weighted by atomic mass is 9.71. The van der Waals surface area contributed by atoms with Crippen LogP contribution in [-0.2, 0) is 29.9 Å². The number of carbonyl (C=O) groups is 2. The van der Waals surface area contributed by atoms with E-state index >= 15 is 0 Å². The van der Waals surface area contributed by atoms with Crippen molar-refractivity contribution in [1.29, 1.82) is 0 Å². The minimum Gasteiger partial charge on any atom is -0.473 e. The van der Waals surface area contributed by atoms with E-state index in [9.17, 15) is 14.0 Å². The number of imidazole rings is 2. The predicted molar refractivity (Wildman–Crippen MR) is 394 cm³/mol. The molecule has 3 fully saturated rings. The minimum absolute atomic E-state index is 0.311. The van der Waals surface area contributed by atoms with Crippen molar-refractivity contribution in [2.75, 3.05) is 32.0 Å². The maximum Gasteiger partial charge on any atom is 0.507 e. The number of amides is 2. The molecule has 0 bridgehead atoms. The summed E-state index contributed by atoms with van der Waals surface area (Å²) < 4.78 is 54.7. The van der Waals surface area contributed by atoms with Crippen LogP contribution < -0.4 is 35.5 Å². The third-order valence-corrected chi connectivity index (χ3v) is 20.5. The Balaban J connectivity index is 0.000000160. The molecule has 15 rings (SSSR count). The number of nitrogens with zero attached hydrogens (tertiary/aromatic N) is 8. The van der Waals surface area contributed by atoms with E-state index in [4.69, 9.17) is 39.6 Å². The number of anilines is 4. The van der Waals surface area contributed by atoms with Crippen LogP contribution in [0.2, 0.25) is 0 Å². The van der Waals surface area contributed by atoms with Crippen molar-refractivity contribution < 1.29 is 43.6 Å². The van der Waals surface area contributed by atoms with Crippen molar-refractivity contribution in [3.8, 4) is 77.6 Å². The largest absolute Gasteiger partial charge is 0.507 e. The molecule has 2 saturated carbocycles. The maximum atomic E-state index is 12.8. The number of aromatic nitrogens is 8. The number of thiazole rings is 2. The van der Waals surface area contributed by atoms with Crippen molar-refractivity contribution in [1.82, 2.24) is 49.7 Å². The summed E-state index contributed by atoms with van der Waals surface area (Å²) in [4.78, 5) is 54.3. The summed E-state index contributed by atoms with van der Waals surface area (Å²) in [6, 6.07) is 41.1. The number of benzene rings is 4. The molecule has 10 aromatic rings. The number of halogens is 2. The van der Waals surface area contributed by atoms with Gasteiger partial charge in [0.25, 0.3) is 10.4 Å². The van der Waals surface area contributed by atoms with Gasteiger partial charge in [-0.25, -0.2) is 39.5 Å². The Morgan fingerprint density at radius 2 is 1.04 bits per heavy atom. The third-order valence-electron chi connectivity index (χ3n) is 18.0. The Kier molecular flexibility index (Phi) is 20.0. The van der Waals surface area contributed by atoms with Crippen LogP contribution in [0.15, 0.2) is 151 Å². The van der Waals surface area contributed by atoms with E-state index in [-0.39, 0.29) is 24.4 Å². The molecule has 20 nitrogen and oxygen atoms in total. The van der Waals surface area contributed by atoms with Gasteiger partial charge in [-0.1, -0.05) is 103 Å². The van der Waals surface area contributed by atoms with Gasteiger partial charge in [0, 0.05) is 42.2 Å². The first-order valence-electron chi connectivity index (χ1n) is 33.4. The molecule has 4 aromatic carbocycles. The first-order chi connectivity index (χ1) is 47.8. The van der Waals surface area contributed by atoms with Gasteiger partial charge in [0.1, 0.15) is 33.1 Å². The highest BCUT2D eigenvalue weighted by Crippen LogP contribution is 2.49. The molecule has 0 radical (unpaired) electrons. The first kappa shape index (κ1) is 69.9. The normalized spacial score (nSPS) is 15.8. The number of fused-ring (bicyclic) bond motifs is 10. The Bertz CT molecular complexity index is 4550. The number of alkyl carbamates (subject to hydrolysis) is 2. The molecule has 0 unspecified atom stereocenters. The zero-order valence-electron chi connectivity index (χ0n) is 59.1. The maximum absolute atomic E-state index is 12.8. The fraction of sp³-hybridized carbons (Fsp3) is 0.351. The van der Waals surface area contributed by atoms with Crippen molar-refractivity contribution >= 4 is 85.7 Å². The van der Waals surface area contributed by atoms with E-state index in [1.54, 1.807) is 32.8 Å². The van der Waals surface area contributed by atoms with E-state index in [2.05, 4.69) is 133 Å². The van der Waals surface area contributed by atoms with Gasteiger partial charge in [0.05, 0.1) is 93.7 Å². The molecule has 4 N–H and O–H groups in total. The van der Waals surface area contributed by atoms with Crippen LogP contribution in [0.4, 0.5) is 37.0 Å². The number of pyridine rings is 2. The average Bonchev–Trinajstić information content (AvgIpc) is 1.56. The first-order valence-corrected chi connectivity index (χ1v) is 34.8. The molecule has 516 valence electrons. The highest BCUT2D eigenvalue weighted by atomic mass is 79.9. The number of ether oxygens (including phenoxy) is 4. The van der Waals surface area contributed by atoms with Crippen LogP contribution in [0.1, 0.15) is 128 Å². The molecule has 0 spiro atoms. The second kappa shape index (κ2) is 28.3. The molecule has 25 heteroatoms. The van der Waals surface area contributed by atoms with Gasteiger partial charge >= 0.3 is 19.3 Å². The quantitative estimate of drug-likeness (QED) is 0.0934. The topological polar surface area (TPSA) is 225 Å². The van der Waals surface area contributed by atoms with Gasteiger partial charge in [-0.3, -0.25) is 13.5 Å². The molecular formula is C74H83BBrFN12O8S2. The lowest BCUT2D eigenvalue weighted by molar-refractivity contribution is 0.00578. The van der Waals surface area contributed by atoms with E-state index in [0.29, 0.717) is 17.6 Å². The Hall–Kier alpha value is -9.01. The molecule has 2 aliphatic carbocycles. The van der Waals surface area contributed by atoms with Gasteiger partial charge in [-0.2, -0.15) is 0 Å². The lowest BCUT2D eigenvalue weighted by Crippen LogP contribution is -2.52. The second-order valence-electron chi connectivity index (χ2n) is 27.3. The fourth-order valence-corrected chi connectivity index (χ4v) is 14.3. The molecule has 6 aromatic heterocycles. The number of hydrogen-bond donors (Lipinski definition) is 4. The number of alkyl halides is 1. The number of rotatable bonds is 10. The van der Waals surface area contributed by atoms with E-state index in [1.165, 1.54) is 30.1 Å². The summed E-state index contributed by atoms with van der Waals surface area (Å²) in [6.45, 7) is 19.4. The van der Waals surface area contributed by atoms with Crippen molar-refractivity contribution in [2.45, 2.75) is 149 Å². The Labute approximate surface area is 595 Å². The highest BCUT2D eigenvalue weighted by Gasteiger charge is 2.53. The third kappa shape index (κ3) is 14.4. The Morgan fingerprint density at radius 3 is 1.47 bits per heavy atom. The SMILES string of the molecule is CC(C)(C)OC(=O)NC1(c2ccc(-c3c(Br)nc4n3-c3cccnc3Nc3ccccc3-4)cc2)CCC1.CF.COc1ncc(-c2nc3n(c2-c2ccc(C4(NC(=O)OC(C)(C)C)CCC4)cc2)-c2cccnc2Nc2ccccc2-3)s1.COc1ncc(B2OC(C)(C)C(C)(C)O2)s1.[2H]C. The summed E-state index contributed by atoms with van der Waals surface area (Å²) >= 11 is 6.64. The monoisotopic (exact) mass is 1440 g/mol. The molecular weight excluding hydrogens is 1360 g/mol. The van der Waals surface area contributed by atoms with Crippen LogP contribution in [0.3, 0.4) is 0 Å². The fourth-order valence-electron chi connectivity index (χ4n) is 12.3. The molecule has 9 heterocycles. The molecule has 2 amide bonds. The summed E-state index contributed by atoms with van der Waals surface area (Å²) in [6.07, 6.45) is 12.0. The van der Waals surface area contributed by atoms with Gasteiger partial charge in [0.2, 0.25) is 0 Å². The average molecular weight is 1440 g/mol. The molecule has 1 saturated heterocycles. The minimum atomic E-state index is -0.562. The van der Waals surface area contributed by atoms with E-state index in [0.717, 1.165) is 149 Å². The van der Waals surface area contributed by atoms with Crippen LogP contribution in [-0.4, -0.2) is 102 Å². The van der Waals surface area contributed by atoms with Crippen LogP contribution in [0.25, 0.3) is 67.2 Å². The number of methoxy groups -OCH3 is 2. The Morgan fingerprint density at radius 1 is 0.606 bits per heavy atom. The summed E-state index contributed by atoms with van der Waals surface area (Å²) in [5.74, 6) is 3.15.